The van der Waals surface area contributed by atoms with Gasteiger partial charge in [0.05, 0.1) is 7.11 Å². The van der Waals surface area contributed by atoms with Crippen LogP contribution in [0.4, 0.5) is 14.5 Å². The quantitative estimate of drug-likeness (QED) is 0.938. The molecule has 4 nitrogen and oxygen atoms in total. The zero-order valence-corrected chi connectivity index (χ0v) is 11.3. The molecular weight excluding hydrogens is 280 g/mol. The maximum atomic E-state index is 13.5. The largest absolute Gasteiger partial charge is 0.493 e. The smallest absolute Gasteiger partial charge is 0.231 e. The molecule has 6 heteroatoms. The molecule has 0 amide bonds. The van der Waals surface area contributed by atoms with Crippen molar-refractivity contribution in [3.05, 3.63) is 47.5 Å². The number of anilines is 1. The van der Waals surface area contributed by atoms with E-state index in [4.69, 9.17) is 14.2 Å². The van der Waals surface area contributed by atoms with Crippen molar-refractivity contribution in [2.45, 2.75) is 6.54 Å². The Kier molecular flexibility index (Phi) is 3.51. The lowest BCUT2D eigenvalue weighted by molar-refractivity contribution is 0.171. The Bertz CT molecular complexity index is 656. The summed E-state index contributed by atoms with van der Waals surface area (Å²) in [7, 11) is 1.52. The topological polar surface area (TPSA) is 39.7 Å². The Balaban J connectivity index is 1.83. The van der Waals surface area contributed by atoms with E-state index in [1.807, 2.05) is 0 Å². The zero-order chi connectivity index (χ0) is 14.8. The molecule has 0 saturated heterocycles. The predicted molar refractivity (Wildman–Crippen MR) is 72.8 cm³/mol. The van der Waals surface area contributed by atoms with Crippen LogP contribution < -0.4 is 19.5 Å². The van der Waals surface area contributed by atoms with Crippen LogP contribution in [0.15, 0.2) is 30.3 Å². The number of hydrogen-bond donors (Lipinski definition) is 1. The molecule has 0 radical (unpaired) electrons. The van der Waals surface area contributed by atoms with E-state index in [1.165, 1.54) is 25.3 Å². The van der Waals surface area contributed by atoms with Gasteiger partial charge in [0.1, 0.15) is 17.3 Å². The SMILES string of the molecule is COc1cc(CNc2c(F)cccc2F)cc2c1OCO2. The first kappa shape index (κ1) is 13.5. The van der Waals surface area contributed by atoms with Crippen molar-refractivity contribution in [1.29, 1.82) is 0 Å². The number of para-hydroxylation sites is 1. The van der Waals surface area contributed by atoms with E-state index < -0.39 is 11.6 Å². The molecule has 0 atom stereocenters. The third-order valence-corrected chi connectivity index (χ3v) is 3.15. The van der Waals surface area contributed by atoms with Crippen molar-refractivity contribution < 1.29 is 23.0 Å². The molecule has 1 heterocycles. The number of halogens is 2. The molecule has 0 fully saturated rings. The summed E-state index contributed by atoms with van der Waals surface area (Å²) in [6, 6.07) is 7.20. The number of fused-ring (bicyclic) bond motifs is 1. The van der Waals surface area contributed by atoms with Gasteiger partial charge < -0.3 is 19.5 Å². The number of ether oxygens (including phenoxy) is 3. The fourth-order valence-corrected chi connectivity index (χ4v) is 2.14. The van der Waals surface area contributed by atoms with Crippen molar-refractivity contribution >= 4 is 5.69 Å². The number of benzene rings is 2. The van der Waals surface area contributed by atoms with Gasteiger partial charge in [0.25, 0.3) is 0 Å². The van der Waals surface area contributed by atoms with E-state index in [0.29, 0.717) is 17.2 Å². The molecule has 21 heavy (non-hydrogen) atoms. The molecule has 1 N–H and O–H groups in total. The number of methoxy groups -OCH3 is 1. The first-order chi connectivity index (χ1) is 10.2. The van der Waals surface area contributed by atoms with E-state index in [0.717, 1.165) is 5.56 Å². The average Bonchev–Trinajstić information content (AvgIpc) is 2.94. The highest BCUT2D eigenvalue weighted by atomic mass is 19.1. The van der Waals surface area contributed by atoms with Crippen LogP contribution in [0.3, 0.4) is 0 Å². The molecule has 0 unspecified atom stereocenters. The molecule has 2 aromatic carbocycles. The van der Waals surface area contributed by atoms with Crippen molar-refractivity contribution in [3.8, 4) is 17.2 Å². The monoisotopic (exact) mass is 293 g/mol. The minimum atomic E-state index is -0.636. The molecule has 0 aliphatic carbocycles. The van der Waals surface area contributed by atoms with Crippen molar-refractivity contribution in [2.75, 3.05) is 19.2 Å². The van der Waals surface area contributed by atoms with Gasteiger partial charge in [0.15, 0.2) is 11.5 Å². The van der Waals surface area contributed by atoms with E-state index in [9.17, 15) is 8.78 Å². The third-order valence-electron chi connectivity index (χ3n) is 3.15. The van der Waals surface area contributed by atoms with Gasteiger partial charge in [-0.25, -0.2) is 8.78 Å². The highest BCUT2D eigenvalue weighted by molar-refractivity contribution is 5.56. The molecule has 0 saturated carbocycles. The summed E-state index contributed by atoms with van der Waals surface area (Å²) in [5, 5.41) is 2.74. The van der Waals surface area contributed by atoms with Gasteiger partial charge in [-0.3, -0.25) is 0 Å². The van der Waals surface area contributed by atoms with Crippen LogP contribution in [-0.4, -0.2) is 13.9 Å². The lowest BCUT2D eigenvalue weighted by atomic mass is 10.1. The minimum absolute atomic E-state index is 0.129. The zero-order valence-electron chi connectivity index (χ0n) is 11.3. The lowest BCUT2D eigenvalue weighted by Crippen LogP contribution is -2.04. The van der Waals surface area contributed by atoms with Crippen molar-refractivity contribution in [3.63, 3.8) is 0 Å². The number of hydrogen-bond acceptors (Lipinski definition) is 4. The summed E-state index contributed by atoms with van der Waals surface area (Å²) in [5.41, 5.74) is 0.605. The maximum Gasteiger partial charge on any atom is 0.231 e. The van der Waals surface area contributed by atoms with Gasteiger partial charge in [0, 0.05) is 6.54 Å². The molecule has 110 valence electrons. The van der Waals surface area contributed by atoms with Crippen LogP contribution in [0.2, 0.25) is 0 Å². The standard InChI is InChI=1S/C15H13F2NO3/c1-19-12-5-9(6-13-15(12)21-8-20-13)7-18-14-10(16)3-2-4-11(14)17/h2-6,18H,7-8H2,1H3. The van der Waals surface area contributed by atoms with Gasteiger partial charge in [-0.15, -0.1) is 0 Å². The van der Waals surface area contributed by atoms with E-state index in [-0.39, 0.29) is 19.0 Å². The molecule has 0 bridgehead atoms. The number of nitrogens with one attached hydrogen (secondary N) is 1. The molecule has 2 aromatic rings. The van der Waals surface area contributed by atoms with Crippen LogP contribution in [0.5, 0.6) is 17.2 Å². The summed E-state index contributed by atoms with van der Waals surface area (Å²) in [4.78, 5) is 0. The maximum absolute atomic E-state index is 13.5. The summed E-state index contributed by atoms with van der Waals surface area (Å²) in [5.74, 6) is 0.347. The van der Waals surface area contributed by atoms with E-state index in [2.05, 4.69) is 5.32 Å². The summed E-state index contributed by atoms with van der Waals surface area (Å²) < 4.78 is 42.9. The van der Waals surface area contributed by atoms with Crippen molar-refractivity contribution in [2.24, 2.45) is 0 Å². The predicted octanol–water partition coefficient (Wildman–Crippen LogP) is 3.31. The fourth-order valence-electron chi connectivity index (χ4n) is 2.14. The van der Waals surface area contributed by atoms with Gasteiger partial charge in [0.2, 0.25) is 12.5 Å². The normalized spacial score (nSPS) is 12.3. The lowest BCUT2D eigenvalue weighted by Gasteiger charge is -2.11. The Labute approximate surface area is 120 Å². The van der Waals surface area contributed by atoms with Crippen LogP contribution in [0, 0.1) is 11.6 Å². The highest BCUT2D eigenvalue weighted by Crippen LogP contribution is 2.41. The van der Waals surface area contributed by atoms with Gasteiger partial charge in [-0.1, -0.05) is 6.07 Å². The minimum Gasteiger partial charge on any atom is -0.493 e. The first-order valence-electron chi connectivity index (χ1n) is 6.33. The Morgan fingerprint density at radius 2 is 1.95 bits per heavy atom. The molecule has 1 aliphatic rings. The molecule has 0 spiro atoms. The fraction of sp³-hybridized carbons (Fsp3) is 0.200. The second-order valence-corrected chi connectivity index (χ2v) is 4.48. The average molecular weight is 293 g/mol. The van der Waals surface area contributed by atoms with E-state index >= 15 is 0 Å². The Hall–Kier alpha value is -2.50. The Morgan fingerprint density at radius 3 is 2.67 bits per heavy atom. The summed E-state index contributed by atoms with van der Waals surface area (Å²) in [6.45, 7) is 0.357. The Morgan fingerprint density at radius 1 is 1.19 bits per heavy atom. The van der Waals surface area contributed by atoms with Crippen LogP contribution in [-0.2, 0) is 6.54 Å². The second kappa shape index (κ2) is 5.47. The molecule has 3 rings (SSSR count). The number of rotatable bonds is 4. The van der Waals surface area contributed by atoms with Gasteiger partial charge >= 0.3 is 0 Å². The molecule has 0 aromatic heterocycles. The molecular formula is C15H13F2NO3. The first-order valence-corrected chi connectivity index (χ1v) is 6.33. The third kappa shape index (κ3) is 2.56. The van der Waals surface area contributed by atoms with Crippen LogP contribution >= 0.6 is 0 Å². The van der Waals surface area contributed by atoms with Crippen LogP contribution in [0.25, 0.3) is 0 Å². The van der Waals surface area contributed by atoms with Gasteiger partial charge in [-0.2, -0.15) is 0 Å². The highest BCUT2D eigenvalue weighted by Gasteiger charge is 2.20. The van der Waals surface area contributed by atoms with Gasteiger partial charge in [-0.05, 0) is 29.8 Å². The summed E-state index contributed by atoms with van der Waals surface area (Å²) in [6.07, 6.45) is 0. The van der Waals surface area contributed by atoms with Crippen LogP contribution in [0.1, 0.15) is 5.56 Å². The second-order valence-electron chi connectivity index (χ2n) is 4.48. The van der Waals surface area contributed by atoms with Crippen molar-refractivity contribution in [1.82, 2.24) is 0 Å². The summed E-state index contributed by atoms with van der Waals surface area (Å²) >= 11 is 0. The van der Waals surface area contributed by atoms with E-state index in [1.54, 1.807) is 12.1 Å². The molecule has 1 aliphatic heterocycles.